The molecule has 19 heavy (non-hydrogen) atoms. The summed E-state index contributed by atoms with van der Waals surface area (Å²) < 4.78 is 10.2. The Morgan fingerprint density at radius 2 is 1.79 bits per heavy atom. The van der Waals surface area contributed by atoms with E-state index in [0.717, 1.165) is 0 Å². The highest BCUT2D eigenvalue weighted by atomic mass is 16.5. The summed E-state index contributed by atoms with van der Waals surface area (Å²) in [4.78, 5) is 25.0. The van der Waals surface area contributed by atoms with Crippen molar-refractivity contribution in [1.82, 2.24) is 4.90 Å². The molecule has 0 radical (unpaired) electrons. The van der Waals surface area contributed by atoms with Gasteiger partial charge in [0.25, 0.3) is 0 Å². The quantitative estimate of drug-likeness (QED) is 0.735. The van der Waals surface area contributed by atoms with Crippen LogP contribution < -0.4 is 9.47 Å². The van der Waals surface area contributed by atoms with Crippen molar-refractivity contribution in [2.24, 2.45) is 0 Å². The first kappa shape index (κ1) is 15.0. The molecule has 0 heterocycles. The molecule has 0 aromatic heterocycles. The van der Waals surface area contributed by atoms with E-state index in [9.17, 15) is 9.59 Å². The van der Waals surface area contributed by atoms with Gasteiger partial charge in [-0.25, -0.2) is 0 Å². The van der Waals surface area contributed by atoms with E-state index in [2.05, 4.69) is 0 Å². The number of carbonyl (C=O) groups is 2. The number of methoxy groups -OCH3 is 2. The first-order valence-corrected chi connectivity index (χ1v) is 5.95. The topological polar surface area (TPSA) is 55.8 Å². The number of hydrogen-bond donors (Lipinski definition) is 0. The number of benzene rings is 1. The molecule has 0 saturated heterocycles. The second-order valence-electron chi connectivity index (χ2n) is 4.28. The Hall–Kier alpha value is -2.04. The fraction of sp³-hybridized carbons (Fsp3) is 0.429. The van der Waals surface area contributed by atoms with Crippen molar-refractivity contribution < 1.29 is 19.1 Å². The molecule has 0 spiro atoms. The van der Waals surface area contributed by atoms with Crippen molar-refractivity contribution in [2.45, 2.75) is 12.8 Å². The molecule has 0 N–H and O–H groups in total. The summed E-state index contributed by atoms with van der Waals surface area (Å²) >= 11 is 0. The molecule has 104 valence electrons. The molecule has 5 heteroatoms. The molecule has 0 atom stereocenters. The predicted octanol–water partition coefficient (Wildman–Crippen LogP) is 1.75. The maximum absolute atomic E-state index is 12.1. The van der Waals surface area contributed by atoms with Crippen LogP contribution in [0.4, 0.5) is 0 Å². The maximum Gasteiger partial charge on any atom is 0.222 e. The van der Waals surface area contributed by atoms with Crippen molar-refractivity contribution in [2.75, 3.05) is 28.3 Å². The molecule has 0 aliphatic carbocycles. The number of ether oxygens (including phenoxy) is 2. The number of nitrogens with zero attached hydrogens (tertiary/aromatic N) is 1. The SMILES string of the molecule is COc1ccc(C(=O)CCC(=O)N(C)C)c(OC)c1. The maximum atomic E-state index is 12.1. The number of ketones is 1. The van der Waals surface area contributed by atoms with Crippen molar-refractivity contribution in [3.8, 4) is 11.5 Å². The van der Waals surface area contributed by atoms with Crippen LogP contribution in [0.5, 0.6) is 11.5 Å². The fourth-order valence-corrected chi connectivity index (χ4v) is 1.61. The summed E-state index contributed by atoms with van der Waals surface area (Å²) in [5.41, 5.74) is 0.467. The highest BCUT2D eigenvalue weighted by molar-refractivity contribution is 6.00. The van der Waals surface area contributed by atoms with Gasteiger partial charge in [0.1, 0.15) is 11.5 Å². The number of carbonyl (C=O) groups excluding carboxylic acids is 2. The van der Waals surface area contributed by atoms with Crippen LogP contribution in [0.1, 0.15) is 23.2 Å². The summed E-state index contributed by atoms with van der Waals surface area (Å²) in [5.74, 6) is 0.898. The lowest BCUT2D eigenvalue weighted by molar-refractivity contribution is -0.128. The molecular formula is C14H19NO4. The molecule has 0 saturated carbocycles. The lowest BCUT2D eigenvalue weighted by atomic mass is 10.0. The van der Waals surface area contributed by atoms with E-state index in [4.69, 9.17) is 9.47 Å². The van der Waals surface area contributed by atoms with Crippen molar-refractivity contribution in [3.63, 3.8) is 0 Å². The van der Waals surface area contributed by atoms with Crippen LogP contribution in [-0.2, 0) is 4.79 Å². The third-order valence-corrected chi connectivity index (χ3v) is 2.77. The van der Waals surface area contributed by atoms with E-state index < -0.39 is 0 Å². The van der Waals surface area contributed by atoms with E-state index >= 15 is 0 Å². The first-order chi connectivity index (χ1) is 8.99. The number of hydrogen-bond acceptors (Lipinski definition) is 4. The van der Waals surface area contributed by atoms with Crippen LogP contribution in [0.25, 0.3) is 0 Å². The second kappa shape index (κ2) is 6.78. The largest absolute Gasteiger partial charge is 0.497 e. The minimum Gasteiger partial charge on any atom is -0.497 e. The van der Waals surface area contributed by atoms with E-state index in [0.29, 0.717) is 17.1 Å². The normalized spacial score (nSPS) is 9.89. The van der Waals surface area contributed by atoms with Crippen LogP contribution in [0.2, 0.25) is 0 Å². The molecule has 0 aliphatic rings. The van der Waals surface area contributed by atoms with Gasteiger partial charge in [-0.05, 0) is 12.1 Å². The molecule has 0 aliphatic heterocycles. The monoisotopic (exact) mass is 265 g/mol. The molecule has 0 unspecified atom stereocenters. The lowest BCUT2D eigenvalue weighted by Gasteiger charge is -2.11. The van der Waals surface area contributed by atoms with Gasteiger partial charge >= 0.3 is 0 Å². The highest BCUT2D eigenvalue weighted by Crippen LogP contribution is 2.25. The zero-order valence-corrected chi connectivity index (χ0v) is 11.7. The second-order valence-corrected chi connectivity index (χ2v) is 4.28. The van der Waals surface area contributed by atoms with Crippen molar-refractivity contribution in [1.29, 1.82) is 0 Å². The minimum atomic E-state index is -0.116. The van der Waals surface area contributed by atoms with Crippen LogP contribution in [0, 0.1) is 0 Å². The van der Waals surface area contributed by atoms with Gasteiger partial charge in [0.15, 0.2) is 5.78 Å². The summed E-state index contributed by atoms with van der Waals surface area (Å²) in [5, 5.41) is 0. The third kappa shape index (κ3) is 3.98. The summed E-state index contributed by atoms with van der Waals surface area (Å²) in [6.07, 6.45) is 0.362. The Morgan fingerprint density at radius 3 is 2.32 bits per heavy atom. The average Bonchev–Trinajstić information content (AvgIpc) is 2.43. The Balaban J connectivity index is 2.79. The van der Waals surface area contributed by atoms with Gasteiger partial charge < -0.3 is 14.4 Å². The molecule has 0 fully saturated rings. The van der Waals surface area contributed by atoms with Crippen molar-refractivity contribution in [3.05, 3.63) is 23.8 Å². The Morgan fingerprint density at radius 1 is 1.11 bits per heavy atom. The van der Waals surface area contributed by atoms with Gasteiger partial charge in [0.2, 0.25) is 5.91 Å². The van der Waals surface area contributed by atoms with Crippen molar-refractivity contribution >= 4 is 11.7 Å². The zero-order chi connectivity index (χ0) is 14.4. The molecule has 1 rings (SSSR count). The number of Topliss-reactive ketones (excluding diaryl/α,β-unsaturated/α-hetero) is 1. The Bertz CT molecular complexity index is 469. The molecule has 1 amide bonds. The molecular weight excluding hydrogens is 246 g/mol. The predicted molar refractivity (Wildman–Crippen MR) is 71.8 cm³/mol. The minimum absolute atomic E-state index is 0.0687. The van der Waals surface area contributed by atoms with Crippen LogP contribution in [-0.4, -0.2) is 44.9 Å². The lowest BCUT2D eigenvalue weighted by Crippen LogP contribution is -2.22. The van der Waals surface area contributed by atoms with Crippen LogP contribution in [0.3, 0.4) is 0 Å². The van der Waals surface area contributed by atoms with Gasteiger partial charge in [0.05, 0.1) is 19.8 Å². The first-order valence-electron chi connectivity index (χ1n) is 5.95. The van der Waals surface area contributed by atoms with Crippen LogP contribution >= 0.6 is 0 Å². The fourth-order valence-electron chi connectivity index (χ4n) is 1.61. The molecule has 5 nitrogen and oxygen atoms in total. The molecule has 1 aromatic rings. The number of amides is 1. The summed E-state index contributed by atoms with van der Waals surface area (Å²) in [6, 6.07) is 5.00. The highest BCUT2D eigenvalue weighted by Gasteiger charge is 2.15. The van der Waals surface area contributed by atoms with Gasteiger partial charge in [-0.2, -0.15) is 0 Å². The summed E-state index contributed by atoms with van der Waals surface area (Å²) in [7, 11) is 6.38. The summed E-state index contributed by atoms with van der Waals surface area (Å²) in [6.45, 7) is 0. The zero-order valence-electron chi connectivity index (χ0n) is 11.7. The van der Waals surface area contributed by atoms with Gasteiger partial charge in [0, 0.05) is 33.0 Å². The van der Waals surface area contributed by atoms with Gasteiger partial charge in [-0.1, -0.05) is 0 Å². The molecule has 0 bridgehead atoms. The van der Waals surface area contributed by atoms with Crippen LogP contribution in [0.15, 0.2) is 18.2 Å². The third-order valence-electron chi connectivity index (χ3n) is 2.77. The van der Waals surface area contributed by atoms with E-state index in [-0.39, 0.29) is 24.5 Å². The standard InChI is InChI=1S/C14H19NO4/c1-15(2)14(17)8-7-12(16)11-6-5-10(18-3)9-13(11)19-4/h5-6,9H,7-8H2,1-4H3. The number of rotatable bonds is 6. The molecule has 1 aromatic carbocycles. The smallest absolute Gasteiger partial charge is 0.222 e. The van der Waals surface area contributed by atoms with Gasteiger partial charge in [-0.15, -0.1) is 0 Å². The Labute approximate surface area is 113 Å². The Kier molecular flexibility index (Phi) is 5.36. The van der Waals surface area contributed by atoms with E-state index in [1.807, 2.05) is 0 Å². The average molecular weight is 265 g/mol. The van der Waals surface area contributed by atoms with E-state index in [1.54, 1.807) is 39.4 Å². The van der Waals surface area contributed by atoms with E-state index in [1.165, 1.54) is 12.0 Å². The van der Waals surface area contributed by atoms with Gasteiger partial charge in [-0.3, -0.25) is 9.59 Å².